The number of carbonyl (C=O) groups is 1. The Morgan fingerprint density at radius 1 is 0.968 bits per heavy atom. The zero-order chi connectivity index (χ0) is 22.5. The first-order valence-corrected chi connectivity index (χ1v) is 9.90. The van der Waals surface area contributed by atoms with E-state index < -0.39 is 17.3 Å². The van der Waals surface area contributed by atoms with Crippen LogP contribution >= 0.6 is 0 Å². The molecule has 0 aromatic heterocycles. The molecule has 4 rings (SSSR count). The van der Waals surface area contributed by atoms with Crippen LogP contribution < -0.4 is 28.4 Å². The number of ether oxygens (including phenoxy) is 6. The maximum absolute atomic E-state index is 13.6. The van der Waals surface area contributed by atoms with Gasteiger partial charge in [0.25, 0.3) is 0 Å². The van der Waals surface area contributed by atoms with E-state index in [9.17, 15) is 9.90 Å². The van der Waals surface area contributed by atoms with Gasteiger partial charge < -0.3 is 33.5 Å². The lowest BCUT2D eigenvalue weighted by Crippen LogP contribution is -2.43. The molecule has 0 fully saturated rings. The van der Waals surface area contributed by atoms with Crippen LogP contribution in [0.2, 0.25) is 0 Å². The first-order chi connectivity index (χ1) is 14.8. The lowest BCUT2D eigenvalue weighted by Gasteiger charge is -2.34. The molecule has 1 aliphatic heterocycles. The molecule has 0 unspecified atom stereocenters. The second-order valence-electron chi connectivity index (χ2n) is 7.83. The minimum absolute atomic E-state index is 0.0662. The molecule has 1 heterocycles. The van der Waals surface area contributed by atoms with Gasteiger partial charge in [-0.2, -0.15) is 0 Å². The smallest absolute Gasteiger partial charge is 0.231 e. The molecule has 2 aliphatic rings. The number of methoxy groups -OCH3 is 4. The van der Waals surface area contributed by atoms with E-state index in [1.54, 1.807) is 6.07 Å². The van der Waals surface area contributed by atoms with Crippen LogP contribution in [-0.2, 0) is 6.42 Å². The maximum atomic E-state index is 13.6. The van der Waals surface area contributed by atoms with Crippen LogP contribution in [0.4, 0.5) is 0 Å². The largest absolute Gasteiger partial charge is 0.493 e. The van der Waals surface area contributed by atoms with Crippen LogP contribution in [0.15, 0.2) is 12.1 Å². The minimum Gasteiger partial charge on any atom is -0.493 e. The molecular weight excluding hydrogens is 404 g/mol. The lowest BCUT2D eigenvalue weighted by atomic mass is 9.74. The molecule has 31 heavy (non-hydrogen) atoms. The molecule has 0 saturated carbocycles. The van der Waals surface area contributed by atoms with Crippen molar-refractivity contribution in [2.45, 2.75) is 25.9 Å². The fourth-order valence-electron chi connectivity index (χ4n) is 4.30. The van der Waals surface area contributed by atoms with Crippen molar-refractivity contribution in [1.29, 1.82) is 0 Å². The van der Waals surface area contributed by atoms with Crippen molar-refractivity contribution < 1.29 is 38.3 Å². The van der Waals surface area contributed by atoms with Gasteiger partial charge in [0.05, 0.1) is 28.4 Å². The topological polar surface area (TPSA) is 92.7 Å². The number of rotatable bonds is 4. The highest BCUT2D eigenvalue weighted by atomic mass is 16.7. The molecule has 2 atom stereocenters. The average Bonchev–Trinajstić information content (AvgIpc) is 3.23. The van der Waals surface area contributed by atoms with Gasteiger partial charge in [-0.1, -0.05) is 6.92 Å². The summed E-state index contributed by atoms with van der Waals surface area (Å²) >= 11 is 0. The fraction of sp³-hybridized carbons (Fsp3) is 0.435. The van der Waals surface area contributed by atoms with Crippen LogP contribution in [0.25, 0.3) is 11.1 Å². The molecule has 2 aromatic rings. The van der Waals surface area contributed by atoms with Crippen molar-refractivity contribution in [3.63, 3.8) is 0 Å². The van der Waals surface area contributed by atoms with Crippen molar-refractivity contribution in [3.05, 3.63) is 23.3 Å². The third kappa shape index (κ3) is 2.96. The number of fused-ring (bicyclic) bond motifs is 4. The number of carbonyl (C=O) groups excluding carboxylic acids is 1. The Hall–Kier alpha value is -3.13. The van der Waals surface area contributed by atoms with Gasteiger partial charge in [0.1, 0.15) is 5.60 Å². The zero-order valence-corrected chi connectivity index (χ0v) is 18.5. The Labute approximate surface area is 180 Å². The van der Waals surface area contributed by atoms with Crippen molar-refractivity contribution in [3.8, 4) is 45.6 Å². The van der Waals surface area contributed by atoms with Crippen molar-refractivity contribution >= 4 is 5.78 Å². The normalized spacial score (nSPS) is 21.5. The highest BCUT2D eigenvalue weighted by Crippen LogP contribution is 2.56. The molecule has 166 valence electrons. The summed E-state index contributed by atoms with van der Waals surface area (Å²) in [5, 5.41) is 11.2. The standard InChI is InChI=1S/C23H26O8/c1-11-7-12-8-15-19(31-10-30-15)20(28-5)16(12)17-13(22(24)23(11,2)25)9-14(26-3)18(27-4)21(17)29-6/h8-9,11,25H,7,10H2,1-6H3/t11-,23+/m0/s1. The van der Waals surface area contributed by atoms with Gasteiger partial charge in [0, 0.05) is 16.7 Å². The van der Waals surface area contributed by atoms with Crippen LogP contribution in [0.3, 0.4) is 0 Å². The third-order valence-corrected chi connectivity index (χ3v) is 6.18. The molecule has 0 saturated heterocycles. The van der Waals surface area contributed by atoms with Gasteiger partial charge in [-0.15, -0.1) is 0 Å². The average molecular weight is 430 g/mol. The van der Waals surface area contributed by atoms with E-state index in [1.165, 1.54) is 35.4 Å². The number of benzene rings is 2. The molecule has 2 aromatic carbocycles. The molecule has 0 spiro atoms. The van der Waals surface area contributed by atoms with Gasteiger partial charge in [-0.3, -0.25) is 4.79 Å². The molecular formula is C23H26O8. The maximum Gasteiger partial charge on any atom is 0.231 e. The van der Waals surface area contributed by atoms with E-state index >= 15 is 0 Å². The number of hydrogen-bond donors (Lipinski definition) is 1. The van der Waals surface area contributed by atoms with Crippen molar-refractivity contribution in [2.24, 2.45) is 5.92 Å². The minimum atomic E-state index is -1.62. The van der Waals surface area contributed by atoms with Crippen LogP contribution in [0.5, 0.6) is 34.5 Å². The molecule has 1 N–H and O–H groups in total. The van der Waals surface area contributed by atoms with Gasteiger partial charge in [0.2, 0.25) is 18.3 Å². The third-order valence-electron chi connectivity index (χ3n) is 6.18. The number of hydrogen-bond acceptors (Lipinski definition) is 8. The Morgan fingerprint density at radius 2 is 1.65 bits per heavy atom. The predicted octanol–water partition coefficient (Wildman–Crippen LogP) is 3.24. The molecule has 8 nitrogen and oxygen atoms in total. The van der Waals surface area contributed by atoms with E-state index in [4.69, 9.17) is 28.4 Å². The van der Waals surface area contributed by atoms with Crippen molar-refractivity contribution in [2.75, 3.05) is 35.2 Å². The molecule has 0 amide bonds. The molecule has 0 radical (unpaired) electrons. The van der Waals surface area contributed by atoms with Gasteiger partial charge in [0.15, 0.2) is 28.8 Å². The van der Waals surface area contributed by atoms with E-state index in [1.807, 2.05) is 13.0 Å². The molecule has 0 bridgehead atoms. The SMILES string of the molecule is COc1cc2c(c(OC)c1OC)-c1c(cc3c(c1OC)OCO3)C[C@H](C)[C@@](C)(O)C2=O. The second-order valence-corrected chi connectivity index (χ2v) is 7.83. The van der Waals surface area contributed by atoms with E-state index in [0.717, 1.165) is 5.56 Å². The number of aliphatic hydroxyl groups is 1. The summed E-state index contributed by atoms with van der Waals surface area (Å²) in [7, 11) is 5.99. The summed E-state index contributed by atoms with van der Waals surface area (Å²) < 4.78 is 33.8. The predicted molar refractivity (Wildman–Crippen MR) is 112 cm³/mol. The summed E-state index contributed by atoms with van der Waals surface area (Å²) in [5.41, 5.74) is 0.524. The van der Waals surface area contributed by atoms with Crippen LogP contribution in [-0.4, -0.2) is 51.7 Å². The Morgan fingerprint density at radius 3 is 2.26 bits per heavy atom. The van der Waals surface area contributed by atoms with E-state index in [-0.39, 0.29) is 12.4 Å². The monoisotopic (exact) mass is 430 g/mol. The van der Waals surface area contributed by atoms with Gasteiger partial charge >= 0.3 is 0 Å². The highest BCUT2D eigenvalue weighted by molar-refractivity contribution is 6.11. The number of Topliss-reactive ketones (excluding diaryl/α,β-unsaturated/α-hetero) is 1. The zero-order valence-electron chi connectivity index (χ0n) is 18.5. The second kappa shape index (κ2) is 7.53. The van der Waals surface area contributed by atoms with Crippen molar-refractivity contribution in [1.82, 2.24) is 0 Å². The summed E-state index contributed by atoms with van der Waals surface area (Å²) in [6.45, 7) is 3.43. The van der Waals surface area contributed by atoms with Crippen LogP contribution in [0, 0.1) is 5.92 Å². The summed E-state index contributed by atoms with van der Waals surface area (Å²) in [4.78, 5) is 13.6. The Bertz CT molecular complexity index is 1060. The molecule has 1 aliphatic carbocycles. The van der Waals surface area contributed by atoms with Crippen LogP contribution in [0.1, 0.15) is 29.8 Å². The van der Waals surface area contributed by atoms with E-state index in [0.29, 0.717) is 52.0 Å². The number of ketones is 1. The lowest BCUT2D eigenvalue weighted by molar-refractivity contribution is 0.0129. The van der Waals surface area contributed by atoms with Gasteiger partial charge in [-0.25, -0.2) is 0 Å². The van der Waals surface area contributed by atoms with E-state index in [2.05, 4.69) is 0 Å². The fourth-order valence-corrected chi connectivity index (χ4v) is 4.30. The summed E-state index contributed by atoms with van der Waals surface area (Å²) in [5.74, 6) is 1.54. The molecule has 8 heteroatoms. The summed E-state index contributed by atoms with van der Waals surface area (Å²) in [6, 6.07) is 3.43. The quantitative estimate of drug-likeness (QED) is 0.790. The summed E-state index contributed by atoms with van der Waals surface area (Å²) in [6.07, 6.45) is 0.401. The highest BCUT2D eigenvalue weighted by Gasteiger charge is 2.44. The first kappa shape index (κ1) is 21.1. The Kier molecular flexibility index (Phi) is 5.13. The Balaban J connectivity index is 2.20. The first-order valence-electron chi connectivity index (χ1n) is 9.90. The van der Waals surface area contributed by atoms with Gasteiger partial charge in [-0.05, 0) is 37.0 Å².